The molecule has 1 amide bonds. The van der Waals surface area contributed by atoms with Gasteiger partial charge in [-0.2, -0.15) is 5.10 Å². The molecule has 3 aromatic carbocycles. The summed E-state index contributed by atoms with van der Waals surface area (Å²) in [7, 11) is 3.04. The molecule has 0 aliphatic rings. The second-order valence-electron chi connectivity index (χ2n) is 7.61. The van der Waals surface area contributed by atoms with E-state index in [1.807, 2.05) is 6.92 Å². The van der Waals surface area contributed by atoms with Crippen molar-refractivity contribution in [2.45, 2.75) is 20.0 Å². The average Bonchev–Trinajstić information content (AvgIpc) is 2.91. The van der Waals surface area contributed by atoms with Crippen LogP contribution in [0.1, 0.15) is 45.2 Å². The van der Waals surface area contributed by atoms with E-state index in [1.54, 1.807) is 48.5 Å². The van der Waals surface area contributed by atoms with Crippen molar-refractivity contribution in [2.24, 2.45) is 5.10 Å². The third-order valence-corrected chi connectivity index (χ3v) is 5.05. The highest BCUT2D eigenvalue weighted by Crippen LogP contribution is 2.29. The summed E-state index contributed by atoms with van der Waals surface area (Å²) in [5, 5.41) is 13.0. The average molecular weight is 493 g/mol. The number of methoxy groups -OCH3 is 2. The molecule has 9 heteroatoms. The van der Waals surface area contributed by atoms with Crippen molar-refractivity contribution < 1.29 is 33.6 Å². The molecule has 36 heavy (non-hydrogen) atoms. The lowest BCUT2D eigenvalue weighted by Crippen LogP contribution is -2.17. The molecule has 0 bridgehead atoms. The van der Waals surface area contributed by atoms with Crippen LogP contribution >= 0.6 is 0 Å². The predicted molar refractivity (Wildman–Crippen MR) is 135 cm³/mol. The van der Waals surface area contributed by atoms with E-state index in [9.17, 15) is 9.59 Å². The van der Waals surface area contributed by atoms with E-state index >= 15 is 0 Å². The largest absolute Gasteiger partial charge is 0.493 e. The van der Waals surface area contributed by atoms with Crippen LogP contribution in [0.4, 0.5) is 0 Å². The first-order chi connectivity index (χ1) is 17.4. The van der Waals surface area contributed by atoms with Crippen LogP contribution in [0, 0.1) is 0 Å². The van der Waals surface area contributed by atoms with Gasteiger partial charge in [-0.25, -0.2) is 10.2 Å². The minimum atomic E-state index is -0.979. The summed E-state index contributed by atoms with van der Waals surface area (Å²) in [5.41, 5.74) is 4.59. The number of rotatable bonds is 12. The Hall–Kier alpha value is -4.53. The number of hydrogen-bond donors (Lipinski definition) is 2. The van der Waals surface area contributed by atoms with E-state index in [0.29, 0.717) is 40.7 Å². The maximum atomic E-state index is 12.5. The van der Waals surface area contributed by atoms with Gasteiger partial charge in [0.2, 0.25) is 0 Å². The molecule has 0 unspecified atom stereocenters. The van der Waals surface area contributed by atoms with Crippen LogP contribution in [-0.4, -0.2) is 44.0 Å². The topological polar surface area (TPSA) is 116 Å². The summed E-state index contributed by atoms with van der Waals surface area (Å²) >= 11 is 0. The third kappa shape index (κ3) is 6.99. The first kappa shape index (κ1) is 26.1. The predicted octanol–water partition coefficient (Wildman–Crippen LogP) is 4.53. The van der Waals surface area contributed by atoms with Gasteiger partial charge in [0, 0.05) is 5.56 Å². The normalized spacial score (nSPS) is 10.6. The fourth-order valence-electron chi connectivity index (χ4n) is 3.16. The third-order valence-electron chi connectivity index (χ3n) is 5.05. The zero-order chi connectivity index (χ0) is 25.9. The Labute approximate surface area is 209 Å². The second-order valence-corrected chi connectivity index (χ2v) is 7.61. The maximum Gasteiger partial charge on any atom is 0.335 e. The van der Waals surface area contributed by atoms with Gasteiger partial charge in [-0.05, 0) is 66.1 Å². The molecule has 0 saturated carbocycles. The van der Waals surface area contributed by atoms with Gasteiger partial charge in [0.25, 0.3) is 5.91 Å². The van der Waals surface area contributed by atoms with Crippen LogP contribution in [0.2, 0.25) is 0 Å². The molecule has 0 aliphatic carbocycles. The summed E-state index contributed by atoms with van der Waals surface area (Å²) in [6, 6.07) is 16.6. The van der Waals surface area contributed by atoms with Crippen LogP contribution in [0.25, 0.3) is 0 Å². The Morgan fingerprint density at radius 2 is 1.50 bits per heavy atom. The number of ether oxygens (including phenoxy) is 4. The van der Waals surface area contributed by atoms with Gasteiger partial charge >= 0.3 is 5.97 Å². The highest BCUT2D eigenvalue weighted by molar-refractivity contribution is 5.95. The molecule has 0 fully saturated rings. The molecule has 0 radical (unpaired) electrons. The molecule has 0 saturated heterocycles. The number of carboxylic acids is 1. The lowest BCUT2D eigenvalue weighted by Gasteiger charge is -2.12. The first-order valence-corrected chi connectivity index (χ1v) is 11.2. The number of benzene rings is 3. The van der Waals surface area contributed by atoms with Crippen LogP contribution < -0.4 is 24.4 Å². The summed E-state index contributed by atoms with van der Waals surface area (Å²) in [6.07, 6.45) is 2.35. The molecule has 0 spiro atoms. The molecule has 0 atom stereocenters. The number of carboxylic acid groups (broad SMARTS) is 1. The number of nitrogens with one attached hydrogen (secondary N) is 1. The fraction of sp³-hybridized carbons (Fsp3) is 0.222. The van der Waals surface area contributed by atoms with Crippen LogP contribution in [0.3, 0.4) is 0 Å². The summed E-state index contributed by atoms with van der Waals surface area (Å²) in [6.45, 7) is 2.80. The highest BCUT2D eigenvalue weighted by Gasteiger charge is 2.11. The monoisotopic (exact) mass is 492 g/mol. The zero-order valence-electron chi connectivity index (χ0n) is 20.3. The lowest BCUT2D eigenvalue weighted by atomic mass is 10.1. The highest BCUT2D eigenvalue weighted by atomic mass is 16.5. The van der Waals surface area contributed by atoms with Crippen molar-refractivity contribution in [3.8, 4) is 23.0 Å². The number of aromatic carboxylic acids is 1. The molecule has 0 aromatic heterocycles. The van der Waals surface area contributed by atoms with Gasteiger partial charge in [0.05, 0.1) is 32.6 Å². The van der Waals surface area contributed by atoms with Gasteiger partial charge in [-0.1, -0.05) is 19.1 Å². The molecular weight excluding hydrogens is 464 g/mol. The van der Waals surface area contributed by atoms with Crippen LogP contribution in [0.5, 0.6) is 23.0 Å². The van der Waals surface area contributed by atoms with E-state index in [1.165, 1.54) is 32.6 Å². The second kappa shape index (κ2) is 12.8. The first-order valence-electron chi connectivity index (χ1n) is 11.2. The minimum Gasteiger partial charge on any atom is -0.493 e. The summed E-state index contributed by atoms with van der Waals surface area (Å²) in [4.78, 5) is 23.5. The van der Waals surface area contributed by atoms with Crippen LogP contribution in [-0.2, 0) is 6.61 Å². The minimum absolute atomic E-state index is 0.212. The molecule has 3 rings (SSSR count). The summed E-state index contributed by atoms with van der Waals surface area (Å²) < 4.78 is 22.1. The smallest absolute Gasteiger partial charge is 0.335 e. The van der Waals surface area contributed by atoms with Crippen LogP contribution in [0.15, 0.2) is 65.8 Å². The standard InChI is InChI=1S/C27H28N2O7/c1-4-13-35-22-12-10-21(15-25(22)34-3)26(30)29-28-16-19-7-11-23(24(14-19)33-2)36-17-18-5-8-20(9-6-18)27(31)32/h5-12,14-16H,4,13,17H2,1-3H3,(H,29,30)(H,31,32)/b28-16+. The Kier molecular flexibility index (Phi) is 9.27. The maximum absolute atomic E-state index is 12.5. The Morgan fingerprint density at radius 3 is 2.17 bits per heavy atom. The van der Waals surface area contributed by atoms with Crippen molar-refractivity contribution in [3.63, 3.8) is 0 Å². The van der Waals surface area contributed by atoms with Gasteiger partial charge in [0.15, 0.2) is 23.0 Å². The molecule has 2 N–H and O–H groups in total. The van der Waals surface area contributed by atoms with E-state index < -0.39 is 11.9 Å². The molecule has 0 aliphatic heterocycles. The molecule has 9 nitrogen and oxygen atoms in total. The molecular formula is C27H28N2O7. The number of hydrogen-bond acceptors (Lipinski definition) is 7. The van der Waals surface area contributed by atoms with Crippen molar-refractivity contribution in [3.05, 3.63) is 82.9 Å². The zero-order valence-corrected chi connectivity index (χ0v) is 20.3. The van der Waals surface area contributed by atoms with E-state index in [4.69, 9.17) is 24.1 Å². The number of nitrogens with zero attached hydrogens (tertiary/aromatic N) is 1. The molecule has 188 valence electrons. The van der Waals surface area contributed by atoms with Crippen molar-refractivity contribution >= 4 is 18.1 Å². The van der Waals surface area contributed by atoms with Gasteiger partial charge in [0.1, 0.15) is 6.61 Å². The van der Waals surface area contributed by atoms with Gasteiger partial charge in [-0.3, -0.25) is 4.79 Å². The lowest BCUT2D eigenvalue weighted by molar-refractivity contribution is 0.0696. The van der Waals surface area contributed by atoms with E-state index in [-0.39, 0.29) is 12.2 Å². The van der Waals surface area contributed by atoms with Crippen molar-refractivity contribution in [1.29, 1.82) is 0 Å². The fourth-order valence-corrected chi connectivity index (χ4v) is 3.16. The molecule has 3 aromatic rings. The number of carbonyl (C=O) groups is 2. The van der Waals surface area contributed by atoms with Crippen molar-refractivity contribution in [2.75, 3.05) is 20.8 Å². The SMILES string of the molecule is CCCOc1ccc(C(=O)N/N=C/c2ccc(OCc3ccc(C(=O)O)cc3)c(OC)c2)cc1OC. The summed E-state index contributed by atoms with van der Waals surface area (Å²) in [5.74, 6) is 0.669. The Morgan fingerprint density at radius 1 is 0.861 bits per heavy atom. The number of carbonyl (C=O) groups excluding carboxylic acids is 1. The van der Waals surface area contributed by atoms with Gasteiger partial charge < -0.3 is 24.1 Å². The van der Waals surface area contributed by atoms with Gasteiger partial charge in [-0.15, -0.1) is 0 Å². The number of amides is 1. The van der Waals surface area contributed by atoms with E-state index in [0.717, 1.165) is 12.0 Å². The number of hydrazone groups is 1. The van der Waals surface area contributed by atoms with E-state index in [2.05, 4.69) is 10.5 Å². The Bertz CT molecular complexity index is 1220. The van der Waals surface area contributed by atoms with Crippen molar-refractivity contribution in [1.82, 2.24) is 5.43 Å². The Balaban J connectivity index is 1.61. The molecule has 0 heterocycles. The quantitative estimate of drug-likeness (QED) is 0.282.